The lowest BCUT2D eigenvalue weighted by atomic mass is 9.73. The molecule has 19 heavy (non-hydrogen) atoms. The lowest BCUT2D eigenvalue weighted by Crippen LogP contribution is -2.59. The first-order chi connectivity index (χ1) is 9.16. The molecule has 1 saturated carbocycles. The molecular weight excluding hydrogens is 238 g/mol. The summed E-state index contributed by atoms with van der Waals surface area (Å²) in [7, 11) is 0. The highest BCUT2D eigenvalue weighted by molar-refractivity contribution is 5.79. The van der Waals surface area contributed by atoms with Crippen LogP contribution in [0.2, 0.25) is 0 Å². The van der Waals surface area contributed by atoms with E-state index in [1.165, 1.54) is 6.42 Å². The average Bonchev–Trinajstić information content (AvgIpc) is 2.42. The SMILES string of the molecule is CC1CCCCC1(CN)NC(=O)Cc1cccnc1. The van der Waals surface area contributed by atoms with Crippen molar-refractivity contribution in [3.8, 4) is 0 Å². The summed E-state index contributed by atoms with van der Waals surface area (Å²) in [4.78, 5) is 16.2. The van der Waals surface area contributed by atoms with Crippen LogP contribution < -0.4 is 11.1 Å². The first-order valence-corrected chi connectivity index (χ1v) is 7.06. The van der Waals surface area contributed by atoms with Gasteiger partial charge in [-0.15, -0.1) is 0 Å². The van der Waals surface area contributed by atoms with E-state index >= 15 is 0 Å². The number of carbonyl (C=O) groups is 1. The molecule has 1 aliphatic carbocycles. The summed E-state index contributed by atoms with van der Waals surface area (Å²) in [5.41, 5.74) is 6.67. The molecule has 0 saturated heterocycles. The summed E-state index contributed by atoms with van der Waals surface area (Å²) in [6.45, 7) is 2.71. The van der Waals surface area contributed by atoms with Gasteiger partial charge in [0.2, 0.25) is 5.91 Å². The van der Waals surface area contributed by atoms with Gasteiger partial charge in [-0.2, -0.15) is 0 Å². The normalized spacial score (nSPS) is 26.9. The second-order valence-corrected chi connectivity index (χ2v) is 5.59. The van der Waals surface area contributed by atoms with E-state index in [1.807, 2.05) is 12.1 Å². The van der Waals surface area contributed by atoms with Crippen molar-refractivity contribution < 1.29 is 4.79 Å². The van der Waals surface area contributed by atoms with Gasteiger partial charge < -0.3 is 11.1 Å². The quantitative estimate of drug-likeness (QED) is 0.866. The minimum atomic E-state index is -0.211. The van der Waals surface area contributed by atoms with E-state index in [9.17, 15) is 4.79 Å². The largest absolute Gasteiger partial charge is 0.349 e. The molecule has 2 atom stereocenters. The Balaban J connectivity index is 2.00. The molecular formula is C15H23N3O. The van der Waals surface area contributed by atoms with Crippen LogP contribution in [-0.2, 0) is 11.2 Å². The summed E-state index contributed by atoms with van der Waals surface area (Å²) in [5.74, 6) is 0.497. The lowest BCUT2D eigenvalue weighted by molar-refractivity contribution is -0.123. The van der Waals surface area contributed by atoms with Gasteiger partial charge in [0, 0.05) is 18.9 Å². The Hall–Kier alpha value is -1.42. The standard InChI is InChI=1S/C15H23N3O/c1-12-5-2-3-7-15(12,11-16)18-14(19)9-13-6-4-8-17-10-13/h4,6,8,10,12H,2-3,5,7,9,11,16H2,1H3,(H,18,19). The van der Waals surface area contributed by atoms with Crippen LogP contribution in [-0.4, -0.2) is 23.0 Å². The van der Waals surface area contributed by atoms with Gasteiger partial charge in [-0.3, -0.25) is 9.78 Å². The fraction of sp³-hybridized carbons (Fsp3) is 0.600. The first-order valence-electron chi connectivity index (χ1n) is 7.06. The topological polar surface area (TPSA) is 68.0 Å². The van der Waals surface area contributed by atoms with Gasteiger partial charge in [-0.05, 0) is 30.4 Å². The Kier molecular flexibility index (Phi) is 4.53. The maximum Gasteiger partial charge on any atom is 0.224 e. The zero-order valence-corrected chi connectivity index (χ0v) is 11.6. The number of carbonyl (C=O) groups excluding carboxylic acids is 1. The lowest BCUT2D eigenvalue weighted by Gasteiger charge is -2.42. The molecule has 0 aliphatic heterocycles. The number of aromatic nitrogens is 1. The monoisotopic (exact) mass is 261 g/mol. The summed E-state index contributed by atoms with van der Waals surface area (Å²) >= 11 is 0. The third-order valence-corrected chi connectivity index (χ3v) is 4.29. The second kappa shape index (κ2) is 6.15. The Bertz CT molecular complexity index is 421. The predicted molar refractivity (Wildman–Crippen MR) is 75.5 cm³/mol. The first kappa shape index (κ1) is 14.0. The fourth-order valence-corrected chi connectivity index (χ4v) is 2.96. The molecule has 3 N–H and O–H groups in total. The molecule has 4 heteroatoms. The molecule has 4 nitrogen and oxygen atoms in total. The number of hydrogen-bond acceptors (Lipinski definition) is 3. The van der Waals surface area contributed by atoms with Crippen molar-refractivity contribution in [2.45, 2.75) is 44.6 Å². The van der Waals surface area contributed by atoms with E-state index < -0.39 is 0 Å². The van der Waals surface area contributed by atoms with E-state index in [-0.39, 0.29) is 11.4 Å². The van der Waals surface area contributed by atoms with Crippen molar-refractivity contribution in [1.29, 1.82) is 0 Å². The van der Waals surface area contributed by atoms with Gasteiger partial charge in [0.15, 0.2) is 0 Å². The van der Waals surface area contributed by atoms with Crippen LogP contribution in [0.15, 0.2) is 24.5 Å². The van der Waals surface area contributed by atoms with Crippen LogP contribution in [0.1, 0.15) is 38.2 Å². The van der Waals surface area contributed by atoms with Crippen LogP contribution in [0.5, 0.6) is 0 Å². The molecule has 2 rings (SSSR count). The Labute approximate surface area is 114 Å². The van der Waals surface area contributed by atoms with E-state index in [0.29, 0.717) is 18.9 Å². The predicted octanol–water partition coefficient (Wildman–Crippen LogP) is 1.65. The van der Waals surface area contributed by atoms with Crippen molar-refractivity contribution in [2.24, 2.45) is 11.7 Å². The van der Waals surface area contributed by atoms with Crippen LogP contribution in [0.3, 0.4) is 0 Å². The second-order valence-electron chi connectivity index (χ2n) is 5.59. The Morgan fingerprint density at radius 3 is 3.05 bits per heavy atom. The number of nitrogens with two attached hydrogens (primary N) is 1. The molecule has 0 aromatic carbocycles. The highest BCUT2D eigenvalue weighted by atomic mass is 16.1. The number of pyridine rings is 1. The average molecular weight is 261 g/mol. The highest BCUT2D eigenvalue weighted by Crippen LogP contribution is 2.32. The van der Waals surface area contributed by atoms with Crippen molar-refractivity contribution in [2.75, 3.05) is 6.54 Å². The van der Waals surface area contributed by atoms with Crippen LogP contribution in [0.4, 0.5) is 0 Å². The molecule has 0 bridgehead atoms. The van der Waals surface area contributed by atoms with Crippen molar-refractivity contribution in [1.82, 2.24) is 10.3 Å². The van der Waals surface area contributed by atoms with Gasteiger partial charge in [0.25, 0.3) is 0 Å². The molecule has 1 aromatic heterocycles. The zero-order valence-electron chi connectivity index (χ0n) is 11.6. The smallest absolute Gasteiger partial charge is 0.224 e. The highest BCUT2D eigenvalue weighted by Gasteiger charge is 2.38. The summed E-state index contributed by atoms with van der Waals surface area (Å²) in [6.07, 6.45) is 8.34. The van der Waals surface area contributed by atoms with Crippen LogP contribution >= 0.6 is 0 Å². The molecule has 0 spiro atoms. The summed E-state index contributed by atoms with van der Waals surface area (Å²) in [6, 6.07) is 3.77. The molecule has 1 aromatic rings. The molecule has 1 amide bonds. The third kappa shape index (κ3) is 3.32. The molecule has 2 unspecified atom stereocenters. The van der Waals surface area contributed by atoms with Crippen LogP contribution in [0, 0.1) is 5.92 Å². The van der Waals surface area contributed by atoms with E-state index in [4.69, 9.17) is 5.73 Å². The van der Waals surface area contributed by atoms with E-state index in [2.05, 4.69) is 17.2 Å². The summed E-state index contributed by atoms with van der Waals surface area (Å²) < 4.78 is 0. The number of nitrogens with zero attached hydrogens (tertiary/aromatic N) is 1. The number of hydrogen-bond donors (Lipinski definition) is 2. The molecule has 1 heterocycles. The number of rotatable bonds is 4. The van der Waals surface area contributed by atoms with E-state index in [1.54, 1.807) is 12.4 Å². The third-order valence-electron chi connectivity index (χ3n) is 4.29. The van der Waals surface area contributed by atoms with Gasteiger partial charge in [-0.25, -0.2) is 0 Å². The van der Waals surface area contributed by atoms with Gasteiger partial charge in [-0.1, -0.05) is 25.8 Å². The van der Waals surface area contributed by atoms with Gasteiger partial charge in [0.05, 0.1) is 12.0 Å². The van der Waals surface area contributed by atoms with Crippen molar-refractivity contribution >= 4 is 5.91 Å². The maximum absolute atomic E-state index is 12.2. The van der Waals surface area contributed by atoms with Crippen molar-refractivity contribution in [3.05, 3.63) is 30.1 Å². The number of nitrogens with one attached hydrogen (secondary N) is 1. The van der Waals surface area contributed by atoms with Crippen molar-refractivity contribution in [3.63, 3.8) is 0 Å². The van der Waals surface area contributed by atoms with Crippen LogP contribution in [0.25, 0.3) is 0 Å². The van der Waals surface area contributed by atoms with E-state index in [0.717, 1.165) is 24.8 Å². The minimum Gasteiger partial charge on any atom is -0.349 e. The number of amides is 1. The van der Waals surface area contributed by atoms with Gasteiger partial charge >= 0.3 is 0 Å². The Morgan fingerprint density at radius 1 is 1.58 bits per heavy atom. The molecule has 1 fully saturated rings. The zero-order chi connectivity index (χ0) is 13.7. The maximum atomic E-state index is 12.2. The molecule has 1 aliphatic rings. The Morgan fingerprint density at radius 2 is 2.42 bits per heavy atom. The molecule has 0 radical (unpaired) electrons. The minimum absolute atomic E-state index is 0.0483. The summed E-state index contributed by atoms with van der Waals surface area (Å²) in [5, 5.41) is 3.19. The molecule has 104 valence electrons. The van der Waals surface area contributed by atoms with Gasteiger partial charge in [0.1, 0.15) is 0 Å². The fourth-order valence-electron chi connectivity index (χ4n) is 2.96.